The summed E-state index contributed by atoms with van der Waals surface area (Å²) in [6.07, 6.45) is 8.18. The minimum absolute atomic E-state index is 0.399. The van der Waals surface area contributed by atoms with Crippen molar-refractivity contribution in [2.24, 2.45) is 5.92 Å². The van der Waals surface area contributed by atoms with Gasteiger partial charge >= 0.3 is 0 Å². The standard InChI is InChI=1S/C18H16ClNO/c1-20-10-16-12-4-2-3-5-14(8-12)21-18-7-6-13(19)9-15(18)17(16)11-20/h2-7,9,16-17H,10-11H2,1H3. The van der Waals surface area contributed by atoms with Gasteiger partial charge in [-0.1, -0.05) is 35.6 Å². The lowest BCUT2D eigenvalue weighted by Gasteiger charge is -2.23. The van der Waals surface area contributed by atoms with Crippen LogP contribution < -0.4 is 4.74 Å². The summed E-state index contributed by atoms with van der Waals surface area (Å²) in [5.41, 5.74) is 5.87. The predicted octanol–water partition coefficient (Wildman–Crippen LogP) is 3.91. The van der Waals surface area contributed by atoms with Crippen LogP contribution in [-0.2, 0) is 0 Å². The molecule has 1 aliphatic carbocycles. The summed E-state index contributed by atoms with van der Waals surface area (Å²) < 4.78 is 6.07. The molecule has 2 heterocycles. The number of rotatable bonds is 0. The quantitative estimate of drug-likeness (QED) is 0.673. The van der Waals surface area contributed by atoms with Crippen molar-refractivity contribution in [3.8, 4) is 5.75 Å². The molecule has 1 aromatic rings. The fraction of sp³-hybridized carbons (Fsp3) is 0.278. The maximum Gasteiger partial charge on any atom is 0.170 e. The lowest BCUT2D eigenvalue weighted by molar-refractivity contribution is 0.403. The molecule has 0 aromatic heterocycles. The largest absolute Gasteiger partial charge is 0.449 e. The monoisotopic (exact) mass is 297 g/mol. The first-order chi connectivity index (χ1) is 10.2. The van der Waals surface area contributed by atoms with E-state index in [0.29, 0.717) is 11.8 Å². The van der Waals surface area contributed by atoms with E-state index < -0.39 is 0 Å². The molecule has 1 fully saturated rings. The fourth-order valence-electron chi connectivity index (χ4n) is 3.45. The van der Waals surface area contributed by atoms with Crippen LogP contribution in [0.2, 0.25) is 5.02 Å². The zero-order valence-corrected chi connectivity index (χ0v) is 12.6. The Labute approximate surface area is 129 Å². The van der Waals surface area contributed by atoms with Crippen molar-refractivity contribution in [2.75, 3.05) is 20.1 Å². The van der Waals surface area contributed by atoms with Crippen molar-refractivity contribution in [2.45, 2.75) is 5.92 Å². The molecule has 2 unspecified atom stereocenters. The summed E-state index contributed by atoms with van der Waals surface area (Å²) in [4.78, 5) is 2.37. The average Bonchev–Trinajstić information content (AvgIpc) is 2.69. The van der Waals surface area contributed by atoms with E-state index in [1.54, 1.807) is 0 Å². The van der Waals surface area contributed by atoms with E-state index >= 15 is 0 Å². The van der Waals surface area contributed by atoms with Crippen molar-refractivity contribution in [3.63, 3.8) is 0 Å². The first kappa shape index (κ1) is 13.0. The van der Waals surface area contributed by atoms with Crippen molar-refractivity contribution < 1.29 is 4.74 Å². The number of allylic oxidation sites excluding steroid dienone is 3. The van der Waals surface area contributed by atoms with Gasteiger partial charge in [0.2, 0.25) is 0 Å². The Morgan fingerprint density at radius 1 is 1.19 bits per heavy atom. The summed E-state index contributed by atoms with van der Waals surface area (Å²) in [5, 5.41) is 0.767. The van der Waals surface area contributed by atoms with E-state index in [9.17, 15) is 0 Å². The molecule has 0 spiro atoms. The summed E-state index contributed by atoms with van der Waals surface area (Å²) >= 11 is 6.22. The molecular formula is C18H16ClNO. The first-order valence-corrected chi connectivity index (χ1v) is 7.60. The van der Waals surface area contributed by atoms with Gasteiger partial charge in [-0.05, 0) is 31.3 Å². The van der Waals surface area contributed by atoms with Crippen molar-refractivity contribution in [3.05, 3.63) is 70.2 Å². The van der Waals surface area contributed by atoms with Gasteiger partial charge in [0, 0.05) is 41.1 Å². The molecule has 2 bridgehead atoms. The maximum absolute atomic E-state index is 6.22. The molecule has 4 rings (SSSR count). The van der Waals surface area contributed by atoms with E-state index in [4.69, 9.17) is 16.3 Å². The first-order valence-electron chi connectivity index (χ1n) is 7.22. The third-order valence-electron chi connectivity index (χ3n) is 4.40. The predicted molar refractivity (Wildman–Crippen MR) is 84.6 cm³/mol. The maximum atomic E-state index is 6.22. The van der Waals surface area contributed by atoms with Crippen LogP contribution in [0.1, 0.15) is 11.5 Å². The summed E-state index contributed by atoms with van der Waals surface area (Å²) in [7, 11) is 2.17. The molecule has 0 radical (unpaired) electrons. The van der Waals surface area contributed by atoms with Crippen molar-refractivity contribution in [1.82, 2.24) is 4.90 Å². The van der Waals surface area contributed by atoms with Gasteiger partial charge in [0.05, 0.1) is 0 Å². The number of nitrogens with zero attached hydrogens (tertiary/aromatic N) is 1. The molecule has 0 N–H and O–H groups in total. The second-order valence-corrected chi connectivity index (χ2v) is 6.32. The Morgan fingerprint density at radius 3 is 2.90 bits per heavy atom. The Balaban J connectivity index is 1.93. The van der Waals surface area contributed by atoms with Gasteiger partial charge in [-0.25, -0.2) is 0 Å². The van der Waals surface area contributed by atoms with Crippen LogP contribution in [0.3, 0.4) is 0 Å². The van der Waals surface area contributed by atoms with Gasteiger partial charge in [0.25, 0.3) is 0 Å². The smallest absolute Gasteiger partial charge is 0.170 e. The number of hydrogen-bond donors (Lipinski definition) is 0. The summed E-state index contributed by atoms with van der Waals surface area (Å²) in [5.74, 6) is 2.50. The van der Waals surface area contributed by atoms with Gasteiger partial charge in [0.15, 0.2) is 5.76 Å². The van der Waals surface area contributed by atoms with Crippen LogP contribution in [0.4, 0.5) is 0 Å². The van der Waals surface area contributed by atoms with Crippen molar-refractivity contribution >= 4 is 11.6 Å². The van der Waals surface area contributed by atoms with Crippen LogP contribution in [0.25, 0.3) is 0 Å². The van der Waals surface area contributed by atoms with Gasteiger partial charge in [-0.2, -0.15) is 0 Å². The Bertz CT molecular complexity index is 725. The molecule has 3 heteroatoms. The van der Waals surface area contributed by atoms with Crippen LogP contribution in [-0.4, -0.2) is 25.0 Å². The zero-order valence-electron chi connectivity index (χ0n) is 11.8. The van der Waals surface area contributed by atoms with E-state index in [0.717, 1.165) is 29.6 Å². The van der Waals surface area contributed by atoms with Crippen LogP contribution in [0, 0.1) is 5.92 Å². The normalized spacial score (nSPS) is 26.8. The second kappa shape index (κ2) is 4.92. The summed E-state index contributed by atoms with van der Waals surface area (Å²) in [6, 6.07) is 5.91. The molecule has 1 aromatic carbocycles. The van der Waals surface area contributed by atoms with Crippen LogP contribution >= 0.6 is 11.6 Å². The third-order valence-corrected chi connectivity index (χ3v) is 4.63. The number of benzene rings is 1. The Morgan fingerprint density at radius 2 is 2.00 bits per heavy atom. The van der Waals surface area contributed by atoms with E-state index in [1.807, 2.05) is 24.3 Å². The number of likely N-dealkylation sites (N-methyl/N-ethyl adjacent to an activating group) is 1. The van der Waals surface area contributed by atoms with Crippen LogP contribution in [0.15, 0.2) is 59.6 Å². The molecule has 2 nitrogen and oxygen atoms in total. The molecule has 0 saturated carbocycles. The molecule has 21 heavy (non-hydrogen) atoms. The number of likely N-dealkylation sites (tertiary alicyclic amines) is 1. The molecule has 0 amide bonds. The number of hydrogen-bond acceptors (Lipinski definition) is 2. The second-order valence-electron chi connectivity index (χ2n) is 5.88. The van der Waals surface area contributed by atoms with Gasteiger partial charge in [-0.3, -0.25) is 0 Å². The summed E-state index contributed by atoms with van der Waals surface area (Å²) in [6.45, 7) is 2.06. The highest BCUT2D eigenvalue weighted by Gasteiger charge is 2.36. The van der Waals surface area contributed by atoms with Gasteiger partial charge in [0.1, 0.15) is 5.75 Å². The van der Waals surface area contributed by atoms with Gasteiger partial charge in [-0.15, -0.1) is 0 Å². The molecule has 2 atom stereocenters. The highest BCUT2D eigenvalue weighted by molar-refractivity contribution is 6.30. The molecule has 106 valence electrons. The number of ether oxygens (including phenoxy) is 1. The van der Waals surface area contributed by atoms with Crippen molar-refractivity contribution in [1.29, 1.82) is 0 Å². The van der Waals surface area contributed by atoms with Crippen LogP contribution in [0.5, 0.6) is 5.75 Å². The lowest BCUT2D eigenvalue weighted by atomic mass is 9.83. The Kier molecular flexibility index (Phi) is 3.04. The SMILES string of the molecule is CN1CC2C3=C=C(C=CC=C3)Oc3ccc(Cl)cc3C2C1. The van der Waals surface area contributed by atoms with E-state index in [-0.39, 0.29) is 0 Å². The molecular weight excluding hydrogens is 282 g/mol. The molecule has 1 saturated heterocycles. The Hall–Kier alpha value is -1.73. The third kappa shape index (κ3) is 2.26. The highest BCUT2D eigenvalue weighted by atomic mass is 35.5. The lowest BCUT2D eigenvalue weighted by Crippen LogP contribution is -2.15. The molecule has 2 aliphatic heterocycles. The highest BCUT2D eigenvalue weighted by Crippen LogP contribution is 2.43. The average molecular weight is 298 g/mol. The van der Waals surface area contributed by atoms with Gasteiger partial charge < -0.3 is 9.64 Å². The molecule has 3 aliphatic rings. The minimum Gasteiger partial charge on any atom is -0.449 e. The topological polar surface area (TPSA) is 12.5 Å². The fourth-order valence-corrected chi connectivity index (χ4v) is 3.64. The van der Waals surface area contributed by atoms with E-state index in [2.05, 4.69) is 35.9 Å². The number of fused-ring (bicyclic) bond motifs is 4. The zero-order chi connectivity index (χ0) is 14.4. The number of halogens is 1. The minimum atomic E-state index is 0.399. The van der Waals surface area contributed by atoms with E-state index in [1.165, 1.54) is 11.1 Å².